The lowest BCUT2D eigenvalue weighted by molar-refractivity contribution is -0.466. The molecule has 0 radical (unpaired) electrons. The molecule has 0 aromatic heterocycles. The van der Waals surface area contributed by atoms with Crippen molar-refractivity contribution in [2.24, 2.45) is 0 Å². The largest absolute Gasteiger partial charge is 0.460 e. The van der Waals surface area contributed by atoms with Gasteiger partial charge in [0.2, 0.25) is 0 Å². The molecule has 0 heterocycles. The fourth-order valence-electron chi connectivity index (χ4n) is 2.31. The summed E-state index contributed by atoms with van der Waals surface area (Å²) >= 11 is 0. The number of hydrogen-bond acceptors (Lipinski definition) is 1. The predicted molar refractivity (Wildman–Crippen MR) is 72.3 cm³/mol. The van der Waals surface area contributed by atoms with Gasteiger partial charge in [0.15, 0.2) is 0 Å². The van der Waals surface area contributed by atoms with Gasteiger partial charge in [-0.1, -0.05) is 0 Å². The van der Waals surface area contributed by atoms with Crippen LogP contribution in [-0.4, -0.2) is 82.5 Å². The van der Waals surface area contributed by atoms with Crippen LogP contribution in [0, 0.1) is 0 Å². The zero-order valence-corrected chi connectivity index (χ0v) is 17.9. The number of halogens is 27. The molecule has 0 aliphatic heterocycles. The zero-order valence-electron chi connectivity index (χ0n) is 17.9. The molecule has 0 bridgehead atoms. The highest BCUT2D eigenvalue weighted by Crippen LogP contribution is 2.66. The van der Waals surface area contributed by atoms with Crippen molar-refractivity contribution in [1.82, 2.24) is 0 Å². The second-order valence-corrected chi connectivity index (χ2v) is 7.79. The first-order valence-electron chi connectivity index (χ1n) is 8.78. The molecule has 0 fully saturated rings. The van der Waals surface area contributed by atoms with Gasteiger partial charge >= 0.3 is 77.4 Å². The van der Waals surface area contributed by atoms with E-state index in [4.69, 9.17) is 5.11 Å². The van der Waals surface area contributed by atoms with Crippen LogP contribution in [0.3, 0.4) is 0 Å². The van der Waals surface area contributed by atoms with E-state index in [9.17, 15) is 119 Å². The summed E-state index contributed by atoms with van der Waals surface area (Å²) in [6.45, 7) is 0. The van der Waals surface area contributed by atoms with Crippen LogP contribution in [0.25, 0.3) is 0 Å². The van der Waals surface area contributed by atoms with Gasteiger partial charge in [0.25, 0.3) is 0 Å². The summed E-state index contributed by atoms with van der Waals surface area (Å²) in [7, 11) is 0. The fraction of sp³-hybridized carbons (Fsp3) is 1.00. The van der Waals surface area contributed by atoms with Crippen LogP contribution in [0.15, 0.2) is 0 Å². The molecular weight excluding hydrogens is 697 g/mol. The maximum Gasteiger partial charge on any atom is 0.460 e. The highest BCUT2D eigenvalue weighted by atomic mass is 19.4. The monoisotopic (exact) mass is 700 g/mol. The standard InChI is InChI=1S/C14H3F27O/c15-2(16,1-3(17,18)5(21,22)7(25,26)12(35,36)14(40,41)42)4(19,20)6(23,24)8(27,28)9(29,30)10(31,32)11(33,34)13(37,38)39/h42H,1H2. The second kappa shape index (κ2) is 9.53. The Morgan fingerprint density at radius 3 is 0.667 bits per heavy atom. The number of rotatable bonds is 12. The molecule has 0 aliphatic carbocycles. The van der Waals surface area contributed by atoms with Crippen molar-refractivity contribution in [3.63, 3.8) is 0 Å². The van der Waals surface area contributed by atoms with Crippen molar-refractivity contribution in [1.29, 1.82) is 0 Å². The summed E-state index contributed by atoms with van der Waals surface area (Å²) in [4.78, 5) is 0. The molecule has 0 spiro atoms. The van der Waals surface area contributed by atoms with Crippen LogP contribution >= 0.6 is 0 Å². The Hall–Kier alpha value is -1.93. The molecule has 1 nitrogen and oxygen atoms in total. The third-order valence-corrected chi connectivity index (χ3v) is 4.86. The van der Waals surface area contributed by atoms with Crippen molar-refractivity contribution in [2.45, 2.75) is 83.9 Å². The average molecular weight is 700 g/mol. The van der Waals surface area contributed by atoms with Gasteiger partial charge in [-0.2, -0.15) is 119 Å². The van der Waals surface area contributed by atoms with E-state index < -0.39 is 83.9 Å². The normalized spacial score (nSPS) is 17.1. The van der Waals surface area contributed by atoms with E-state index >= 15 is 0 Å². The average Bonchev–Trinajstić information content (AvgIpc) is 2.69. The number of hydrogen-bond donors (Lipinski definition) is 1. The van der Waals surface area contributed by atoms with Crippen molar-refractivity contribution in [3.05, 3.63) is 0 Å². The van der Waals surface area contributed by atoms with Gasteiger partial charge in [-0.05, 0) is 0 Å². The van der Waals surface area contributed by atoms with Crippen LogP contribution in [0.5, 0.6) is 0 Å². The first-order chi connectivity index (χ1) is 17.5. The summed E-state index contributed by atoms with van der Waals surface area (Å²) in [6, 6.07) is 0. The molecule has 0 rings (SSSR count). The number of alkyl halides is 27. The van der Waals surface area contributed by atoms with E-state index in [1.54, 1.807) is 0 Å². The van der Waals surface area contributed by atoms with Crippen LogP contribution in [0.1, 0.15) is 6.42 Å². The molecule has 0 saturated carbocycles. The predicted octanol–water partition coefficient (Wildman–Crippen LogP) is 8.51. The molecule has 0 saturated heterocycles. The number of aliphatic hydroxyl groups is 1. The molecular formula is C14H3F27O. The first kappa shape index (κ1) is 40.1. The van der Waals surface area contributed by atoms with Crippen LogP contribution < -0.4 is 0 Å². The summed E-state index contributed by atoms with van der Waals surface area (Å²) in [5, 5.41) is 7.47. The Morgan fingerprint density at radius 1 is 0.262 bits per heavy atom. The lowest BCUT2D eigenvalue weighted by Crippen LogP contribution is -2.75. The van der Waals surface area contributed by atoms with Crippen molar-refractivity contribution in [2.75, 3.05) is 0 Å². The molecule has 0 aliphatic rings. The smallest absolute Gasteiger partial charge is 0.331 e. The van der Waals surface area contributed by atoms with Crippen LogP contribution in [-0.2, 0) is 0 Å². The SMILES string of the molecule is OC(F)(F)C(F)(F)C(F)(F)C(F)(F)C(F)(F)CC(F)(F)C(F)(F)C(F)(F)C(F)(F)C(F)(F)C(F)(F)C(F)(F)C(F)(F)F. The third kappa shape index (κ3) is 4.92. The molecule has 0 unspecified atom stereocenters. The van der Waals surface area contributed by atoms with Gasteiger partial charge < -0.3 is 5.11 Å². The molecule has 1 N–H and O–H groups in total. The van der Waals surface area contributed by atoms with E-state index in [-0.39, 0.29) is 0 Å². The van der Waals surface area contributed by atoms with Gasteiger partial charge in [-0.3, -0.25) is 0 Å². The first-order valence-corrected chi connectivity index (χ1v) is 8.78. The minimum absolute atomic E-state index is 5.70. The van der Waals surface area contributed by atoms with Crippen molar-refractivity contribution < 1.29 is 124 Å². The molecule has 0 aromatic carbocycles. The summed E-state index contributed by atoms with van der Waals surface area (Å²) in [5.41, 5.74) is 0. The third-order valence-electron chi connectivity index (χ3n) is 4.86. The minimum atomic E-state index is -9.40. The van der Waals surface area contributed by atoms with Crippen LogP contribution in [0.4, 0.5) is 119 Å². The van der Waals surface area contributed by atoms with Gasteiger partial charge in [-0.15, -0.1) is 0 Å². The van der Waals surface area contributed by atoms with E-state index in [0.717, 1.165) is 0 Å². The van der Waals surface area contributed by atoms with Crippen molar-refractivity contribution >= 4 is 0 Å². The fourth-order valence-corrected chi connectivity index (χ4v) is 2.31. The van der Waals surface area contributed by atoms with E-state index in [1.807, 2.05) is 0 Å². The van der Waals surface area contributed by atoms with Crippen LogP contribution in [0.2, 0.25) is 0 Å². The van der Waals surface area contributed by atoms with E-state index in [2.05, 4.69) is 0 Å². The molecule has 0 amide bonds. The Balaban J connectivity index is 7.06. The second-order valence-electron chi connectivity index (χ2n) is 7.79. The summed E-state index contributed by atoms with van der Waals surface area (Å²) < 4.78 is 351. The Bertz CT molecular complexity index is 978. The Labute approximate surface area is 209 Å². The Morgan fingerprint density at radius 2 is 0.452 bits per heavy atom. The zero-order chi connectivity index (χ0) is 35.2. The maximum absolute atomic E-state index is 13.5. The molecule has 0 atom stereocenters. The van der Waals surface area contributed by atoms with Gasteiger partial charge in [-0.25, -0.2) is 0 Å². The van der Waals surface area contributed by atoms with E-state index in [1.165, 1.54) is 0 Å². The highest BCUT2D eigenvalue weighted by Gasteiger charge is 2.96. The van der Waals surface area contributed by atoms with E-state index in [0.29, 0.717) is 0 Å². The maximum atomic E-state index is 13.5. The summed E-state index contributed by atoms with van der Waals surface area (Å²) in [5.74, 6) is -97.2. The quantitative estimate of drug-likeness (QED) is 0.203. The lowest BCUT2D eigenvalue weighted by Gasteiger charge is -2.44. The van der Waals surface area contributed by atoms with Crippen molar-refractivity contribution in [3.8, 4) is 0 Å². The minimum Gasteiger partial charge on any atom is -0.331 e. The molecule has 42 heavy (non-hydrogen) atoms. The molecule has 254 valence electrons. The summed E-state index contributed by atoms with van der Waals surface area (Å²) in [6.07, 6.45) is -21.4. The Kier molecular flexibility index (Phi) is 9.10. The highest BCUT2D eigenvalue weighted by molar-refractivity contribution is 5.16. The molecule has 0 aromatic rings. The van der Waals surface area contributed by atoms with Gasteiger partial charge in [0, 0.05) is 0 Å². The van der Waals surface area contributed by atoms with Gasteiger partial charge in [0.1, 0.15) is 0 Å². The molecule has 28 heteroatoms. The van der Waals surface area contributed by atoms with Gasteiger partial charge in [0.05, 0.1) is 6.42 Å². The topological polar surface area (TPSA) is 20.2 Å². The lowest BCUT2D eigenvalue weighted by atomic mass is 9.86.